The summed E-state index contributed by atoms with van der Waals surface area (Å²) >= 11 is 5.59. The van der Waals surface area contributed by atoms with Crippen LogP contribution in [0, 0.1) is 23.1 Å². The Morgan fingerprint density at radius 1 is 0.782 bits per heavy atom. The van der Waals surface area contributed by atoms with E-state index in [-0.39, 0.29) is 28.8 Å². The highest BCUT2D eigenvalue weighted by Crippen LogP contribution is 2.54. The number of hydrogen-bond acceptors (Lipinski definition) is 7. The van der Waals surface area contributed by atoms with E-state index in [0.29, 0.717) is 4.90 Å². The Morgan fingerprint density at radius 3 is 1.73 bits per heavy atom. The summed E-state index contributed by atoms with van der Waals surface area (Å²) in [6.07, 6.45) is -13.7. The zero-order valence-electron chi connectivity index (χ0n) is 29.8. The predicted molar refractivity (Wildman–Crippen MR) is 189 cm³/mol. The van der Waals surface area contributed by atoms with Crippen molar-refractivity contribution in [3.63, 3.8) is 0 Å². The topological polar surface area (TPSA) is 114 Å². The molecular weight excluding hydrogens is 880 g/mol. The average Bonchev–Trinajstić information content (AvgIpc) is 3.03. The third-order valence-electron chi connectivity index (χ3n) is 7.46. The molecule has 0 saturated heterocycles. The molecule has 8 nitrogen and oxygen atoms in total. The fourth-order valence-electron chi connectivity index (χ4n) is 5.00. The van der Waals surface area contributed by atoms with Gasteiger partial charge in [0.1, 0.15) is 11.2 Å². The first-order chi connectivity index (χ1) is 25.0. The number of rotatable bonds is 10. The summed E-state index contributed by atoms with van der Waals surface area (Å²) in [5, 5.41) is 9.41. The predicted octanol–water partition coefficient (Wildman–Crippen LogP) is 9.88. The molecule has 0 fully saturated rings. The molecule has 1 amide bonds. The third kappa shape index (κ3) is 10.5. The Bertz CT molecular complexity index is 1970. The van der Waals surface area contributed by atoms with Gasteiger partial charge < -0.3 is 14.4 Å². The lowest BCUT2D eigenvalue weighted by molar-refractivity contribution is -0.348. The van der Waals surface area contributed by atoms with Gasteiger partial charge in [-0.05, 0) is 89.6 Å². The van der Waals surface area contributed by atoms with E-state index in [1.165, 1.54) is 59.7 Å². The van der Waals surface area contributed by atoms with E-state index in [1.54, 1.807) is 0 Å². The highest BCUT2D eigenvalue weighted by Gasteiger charge is 2.73. The van der Waals surface area contributed by atoms with Crippen molar-refractivity contribution in [1.29, 1.82) is 5.26 Å². The van der Waals surface area contributed by atoms with Gasteiger partial charge in [0.05, 0.1) is 29.4 Å². The van der Waals surface area contributed by atoms with Crippen LogP contribution in [0.25, 0.3) is 0 Å². The maximum Gasteiger partial charge on any atom is 0.435 e. The van der Waals surface area contributed by atoms with E-state index in [9.17, 15) is 55.2 Å². The van der Waals surface area contributed by atoms with Crippen LogP contribution in [-0.4, -0.2) is 53.7 Å². The summed E-state index contributed by atoms with van der Waals surface area (Å²) in [5.74, 6) is -7.72. The maximum atomic E-state index is 16.6. The second kappa shape index (κ2) is 16.4. The number of nitrogens with zero attached hydrogens (tertiary/aromatic N) is 2. The molecule has 18 heteroatoms. The fourth-order valence-corrected chi connectivity index (χ4v) is 6.47. The summed E-state index contributed by atoms with van der Waals surface area (Å²) in [6, 6.07) is 10.5. The van der Waals surface area contributed by atoms with E-state index in [0.717, 1.165) is 24.3 Å². The number of alkyl halides is 7. The van der Waals surface area contributed by atoms with Gasteiger partial charge in [0.2, 0.25) is 0 Å². The first-order valence-electron chi connectivity index (χ1n) is 15.9. The zero-order chi connectivity index (χ0) is 42.1. The number of halogens is 10. The first-order valence-corrected chi connectivity index (χ1v) is 17.5. The first kappa shape index (κ1) is 45.0. The molecule has 3 aromatic rings. The lowest BCUT2D eigenvalue weighted by atomic mass is 9.92. The van der Waals surface area contributed by atoms with Crippen molar-refractivity contribution < 1.29 is 63.8 Å². The van der Waals surface area contributed by atoms with Crippen LogP contribution in [0.2, 0.25) is 0 Å². The second-order valence-corrected chi connectivity index (χ2v) is 15.7. The summed E-state index contributed by atoms with van der Waals surface area (Å²) in [7, 11) is 0. The fraction of sp³-hybridized carbons (Fsp3) is 0.378. The Hall–Kier alpha value is -4.37. The van der Waals surface area contributed by atoms with Crippen molar-refractivity contribution in [3.05, 3.63) is 97.2 Å². The number of nitriles is 1. The number of carbonyl (C=O) groups excluding carboxylic acids is 4. The molecule has 0 aliphatic carbocycles. The van der Waals surface area contributed by atoms with Crippen molar-refractivity contribution in [3.8, 4) is 6.07 Å². The maximum absolute atomic E-state index is 16.6. The number of anilines is 1. The van der Waals surface area contributed by atoms with Crippen LogP contribution in [0.4, 0.5) is 40.8 Å². The molecule has 0 aromatic heterocycles. The molecule has 296 valence electrons. The Labute approximate surface area is 327 Å². The van der Waals surface area contributed by atoms with Gasteiger partial charge in [-0.1, -0.05) is 44.0 Å². The molecule has 55 heavy (non-hydrogen) atoms. The molecule has 0 N–H and O–H groups in total. The number of esters is 2. The summed E-state index contributed by atoms with van der Waals surface area (Å²) in [6.45, 7) is 8.13. The summed E-state index contributed by atoms with van der Waals surface area (Å²) in [4.78, 5) is 55.2. The van der Waals surface area contributed by atoms with Crippen LogP contribution in [-0.2, 0) is 31.2 Å². The largest absolute Gasteiger partial charge is 0.459 e. The molecular formula is C37H32Br2F8N2O6. The van der Waals surface area contributed by atoms with Gasteiger partial charge in [0, 0.05) is 26.5 Å². The van der Waals surface area contributed by atoms with Gasteiger partial charge in [0.15, 0.2) is 17.5 Å². The van der Waals surface area contributed by atoms with Crippen LogP contribution in [0.15, 0.2) is 63.5 Å². The average molecular weight is 912 g/mol. The van der Waals surface area contributed by atoms with Gasteiger partial charge in [-0.2, -0.15) is 31.6 Å². The number of ether oxygens (including phenoxy) is 2. The number of hydrogen-bond donors (Lipinski definition) is 0. The smallest absolute Gasteiger partial charge is 0.435 e. The van der Waals surface area contributed by atoms with Gasteiger partial charge in [-0.15, -0.1) is 0 Å². The normalized spacial score (nSPS) is 12.6. The SMILES string of the molecule is CC(C)(C)OC(=O)C(CN(C(=O)c1cccc(C#N)c1)c1cccc(C(=O)Cc2c(Br)cc(C(F)(C(F)(F)F)C(F)(F)F)cc2Br)c1F)C(=O)OC(C)(C)C. The van der Waals surface area contributed by atoms with Crippen molar-refractivity contribution in [2.45, 2.75) is 77.2 Å². The molecule has 0 aliphatic rings. The zero-order valence-corrected chi connectivity index (χ0v) is 33.0. The molecule has 0 aliphatic heterocycles. The minimum absolute atomic E-state index is 0.0173. The van der Waals surface area contributed by atoms with Gasteiger partial charge in [0.25, 0.3) is 5.91 Å². The van der Waals surface area contributed by atoms with E-state index in [2.05, 4.69) is 31.9 Å². The highest BCUT2D eigenvalue weighted by atomic mass is 79.9. The van der Waals surface area contributed by atoms with Crippen LogP contribution >= 0.6 is 31.9 Å². The number of amides is 1. The quantitative estimate of drug-likeness (QED) is 0.0862. The van der Waals surface area contributed by atoms with Gasteiger partial charge >= 0.3 is 30.0 Å². The lowest BCUT2D eigenvalue weighted by Gasteiger charge is -2.31. The Balaban J connectivity index is 2.18. The molecule has 0 bridgehead atoms. The van der Waals surface area contributed by atoms with Crippen LogP contribution in [0.5, 0.6) is 0 Å². The van der Waals surface area contributed by atoms with Crippen molar-refractivity contribution in [1.82, 2.24) is 0 Å². The molecule has 3 rings (SSSR count). The second-order valence-electron chi connectivity index (χ2n) is 14.0. The summed E-state index contributed by atoms with van der Waals surface area (Å²) in [5.41, 5.74) is -11.8. The lowest BCUT2D eigenvalue weighted by Crippen LogP contribution is -2.50. The molecule has 3 aromatic carbocycles. The van der Waals surface area contributed by atoms with E-state index < -0.39 is 103 Å². The standard InChI is InChI=1S/C37H32Br2F8N2O6/c1-33(2,3)54-31(52)24(32(53)55-34(4,5)6)18-49(30(51)20-10-7-9-19(13-20)17-48)27-12-8-11-22(29(27)40)28(50)16-23-25(38)14-21(15-26(23)39)35(41,36(42,43)44)37(45,46)47/h7-15,24H,16,18H2,1-6H3. The van der Waals surface area contributed by atoms with Crippen LogP contribution < -0.4 is 4.90 Å². The number of benzene rings is 3. The summed E-state index contributed by atoms with van der Waals surface area (Å²) < 4.78 is 122. The molecule has 0 radical (unpaired) electrons. The molecule has 0 saturated carbocycles. The van der Waals surface area contributed by atoms with E-state index >= 15 is 4.39 Å². The van der Waals surface area contributed by atoms with Gasteiger partial charge in [-0.3, -0.25) is 19.2 Å². The Morgan fingerprint density at radius 2 is 1.27 bits per heavy atom. The minimum atomic E-state index is -6.42. The van der Waals surface area contributed by atoms with Crippen LogP contribution in [0.3, 0.4) is 0 Å². The van der Waals surface area contributed by atoms with E-state index in [4.69, 9.17) is 9.47 Å². The highest BCUT2D eigenvalue weighted by molar-refractivity contribution is 9.11. The molecule has 0 spiro atoms. The molecule has 0 unspecified atom stereocenters. The van der Waals surface area contributed by atoms with Crippen molar-refractivity contribution in [2.24, 2.45) is 5.92 Å². The van der Waals surface area contributed by atoms with Crippen molar-refractivity contribution in [2.75, 3.05) is 11.4 Å². The number of ketones is 1. The van der Waals surface area contributed by atoms with E-state index in [1.807, 2.05) is 6.07 Å². The number of carbonyl (C=O) groups is 4. The Kier molecular flexibility index (Phi) is 13.4. The molecule has 0 heterocycles. The van der Waals surface area contributed by atoms with Crippen LogP contribution in [0.1, 0.15) is 78.9 Å². The number of Topliss-reactive ketones (excluding diaryl/α,β-unsaturated/α-hetero) is 1. The minimum Gasteiger partial charge on any atom is -0.459 e. The monoisotopic (exact) mass is 910 g/mol. The molecule has 0 atom stereocenters. The third-order valence-corrected chi connectivity index (χ3v) is 8.87. The van der Waals surface area contributed by atoms with Crippen molar-refractivity contribution >= 4 is 61.2 Å². The van der Waals surface area contributed by atoms with Gasteiger partial charge in [-0.25, -0.2) is 8.78 Å².